The highest BCUT2D eigenvalue weighted by Crippen LogP contribution is 2.25. The lowest BCUT2D eigenvalue weighted by molar-refractivity contribution is 0.0892. The summed E-state index contributed by atoms with van der Waals surface area (Å²) in [7, 11) is 0. The van der Waals surface area contributed by atoms with Crippen LogP contribution in [0.15, 0.2) is 29.2 Å². The Labute approximate surface area is 115 Å². The van der Waals surface area contributed by atoms with Gasteiger partial charge in [-0.1, -0.05) is 18.6 Å². The molecular weight excluding hydrogens is 240 g/mol. The van der Waals surface area contributed by atoms with E-state index in [0.29, 0.717) is 12.1 Å². The average molecular weight is 264 g/mol. The Bertz CT molecular complexity index is 363. The van der Waals surface area contributed by atoms with E-state index >= 15 is 0 Å². The molecule has 1 aliphatic rings. The number of benzene rings is 1. The van der Waals surface area contributed by atoms with Crippen LogP contribution in [-0.4, -0.2) is 29.8 Å². The fourth-order valence-electron chi connectivity index (χ4n) is 2.82. The Hall–Kier alpha value is -0.510. The first-order valence-corrected chi connectivity index (χ1v) is 8.06. The average Bonchev–Trinajstić information content (AvgIpc) is 2.42. The molecule has 0 saturated carbocycles. The van der Waals surface area contributed by atoms with Crippen LogP contribution in [0.5, 0.6) is 0 Å². The molecule has 0 radical (unpaired) electrons. The zero-order chi connectivity index (χ0) is 13.0. The van der Waals surface area contributed by atoms with Crippen molar-refractivity contribution in [3.05, 3.63) is 29.8 Å². The number of thioether (sulfide) groups is 1. The van der Waals surface area contributed by atoms with Gasteiger partial charge in [0.05, 0.1) is 0 Å². The number of likely N-dealkylation sites (tertiary alicyclic amines) is 1. The molecule has 2 N–H and O–H groups in total. The molecule has 1 saturated heterocycles. The summed E-state index contributed by atoms with van der Waals surface area (Å²) in [5.74, 6) is 0. The summed E-state index contributed by atoms with van der Waals surface area (Å²) in [6.07, 6.45) is 6.00. The summed E-state index contributed by atoms with van der Waals surface area (Å²) in [6.45, 7) is 4.16. The highest BCUT2D eigenvalue weighted by atomic mass is 32.2. The molecule has 100 valence electrons. The van der Waals surface area contributed by atoms with E-state index < -0.39 is 0 Å². The molecule has 2 nitrogen and oxygen atoms in total. The van der Waals surface area contributed by atoms with Crippen molar-refractivity contribution in [1.82, 2.24) is 4.90 Å². The minimum Gasteiger partial charge on any atom is -0.329 e. The third kappa shape index (κ3) is 3.28. The van der Waals surface area contributed by atoms with E-state index in [-0.39, 0.29) is 0 Å². The van der Waals surface area contributed by atoms with Crippen LogP contribution in [0.4, 0.5) is 0 Å². The maximum absolute atomic E-state index is 5.91. The molecule has 1 fully saturated rings. The number of nitrogens with two attached hydrogens (primary N) is 1. The molecule has 3 heteroatoms. The number of nitrogens with zero attached hydrogens (tertiary/aromatic N) is 1. The molecule has 0 aliphatic carbocycles. The second-order valence-corrected chi connectivity index (χ2v) is 6.07. The van der Waals surface area contributed by atoms with E-state index in [1.165, 1.54) is 29.7 Å². The van der Waals surface area contributed by atoms with Crippen molar-refractivity contribution >= 4 is 11.8 Å². The van der Waals surface area contributed by atoms with Crippen molar-refractivity contribution in [3.63, 3.8) is 0 Å². The summed E-state index contributed by atoms with van der Waals surface area (Å²) in [4.78, 5) is 3.92. The van der Waals surface area contributed by atoms with Gasteiger partial charge in [-0.2, -0.15) is 0 Å². The number of rotatable bonds is 4. The van der Waals surface area contributed by atoms with Gasteiger partial charge < -0.3 is 5.73 Å². The summed E-state index contributed by atoms with van der Waals surface area (Å²) in [5.41, 5.74) is 7.31. The van der Waals surface area contributed by atoms with Crippen molar-refractivity contribution in [2.45, 2.75) is 49.7 Å². The Balaban J connectivity index is 2.05. The number of hydrogen-bond acceptors (Lipinski definition) is 3. The minimum absolute atomic E-state index is 0.564. The van der Waals surface area contributed by atoms with Gasteiger partial charge in [0, 0.05) is 30.1 Å². The maximum Gasteiger partial charge on any atom is 0.0240 e. The molecule has 1 heterocycles. The Morgan fingerprint density at radius 1 is 1.28 bits per heavy atom. The highest BCUT2D eigenvalue weighted by molar-refractivity contribution is 7.98. The van der Waals surface area contributed by atoms with E-state index in [1.54, 1.807) is 11.8 Å². The third-order valence-corrected chi connectivity index (χ3v) is 4.73. The van der Waals surface area contributed by atoms with E-state index in [2.05, 4.69) is 42.3 Å². The molecule has 18 heavy (non-hydrogen) atoms. The largest absolute Gasteiger partial charge is 0.329 e. The van der Waals surface area contributed by atoms with Crippen molar-refractivity contribution < 1.29 is 0 Å². The van der Waals surface area contributed by atoms with E-state index in [9.17, 15) is 0 Å². The topological polar surface area (TPSA) is 29.3 Å². The maximum atomic E-state index is 5.91. The Kier molecular flexibility index (Phi) is 5.10. The normalized spacial score (nSPS) is 25.3. The second kappa shape index (κ2) is 6.60. The first kappa shape index (κ1) is 13.9. The van der Waals surface area contributed by atoms with Crippen molar-refractivity contribution in [2.24, 2.45) is 5.73 Å². The lowest BCUT2D eigenvalue weighted by Crippen LogP contribution is -2.48. The first-order valence-electron chi connectivity index (χ1n) is 6.83. The van der Waals surface area contributed by atoms with Gasteiger partial charge in [0.25, 0.3) is 0 Å². The lowest BCUT2D eigenvalue weighted by atomic mass is 9.95. The van der Waals surface area contributed by atoms with E-state index in [1.807, 2.05) is 0 Å². The summed E-state index contributed by atoms with van der Waals surface area (Å²) >= 11 is 1.80. The predicted octanol–water partition coefficient (Wildman–Crippen LogP) is 3.11. The van der Waals surface area contributed by atoms with Crippen LogP contribution in [0.1, 0.15) is 31.7 Å². The zero-order valence-electron chi connectivity index (χ0n) is 11.4. The Morgan fingerprint density at radius 2 is 2.00 bits per heavy atom. The summed E-state index contributed by atoms with van der Waals surface area (Å²) < 4.78 is 0. The molecular formula is C15H24N2S. The van der Waals surface area contributed by atoms with Crippen LogP contribution in [0.2, 0.25) is 0 Å². The standard InChI is InChI=1S/C15H24N2S/c1-12-4-3-5-14(10-16)17(12)11-13-6-8-15(18-2)9-7-13/h6-9,12,14H,3-5,10-11,16H2,1-2H3. The van der Waals surface area contributed by atoms with Crippen LogP contribution in [0, 0.1) is 0 Å². The molecule has 2 unspecified atom stereocenters. The van der Waals surface area contributed by atoms with Crippen LogP contribution in [0.3, 0.4) is 0 Å². The molecule has 1 aliphatic heterocycles. The molecule has 2 atom stereocenters. The third-order valence-electron chi connectivity index (χ3n) is 3.99. The van der Waals surface area contributed by atoms with E-state index in [0.717, 1.165) is 13.1 Å². The molecule has 1 aromatic rings. The highest BCUT2D eigenvalue weighted by Gasteiger charge is 2.26. The van der Waals surface area contributed by atoms with Gasteiger partial charge in [0.2, 0.25) is 0 Å². The van der Waals surface area contributed by atoms with Gasteiger partial charge >= 0.3 is 0 Å². The quantitative estimate of drug-likeness (QED) is 0.847. The van der Waals surface area contributed by atoms with Crippen molar-refractivity contribution in [3.8, 4) is 0 Å². The molecule has 0 amide bonds. The SMILES string of the molecule is CSc1ccc(CN2C(C)CCCC2CN)cc1. The smallest absolute Gasteiger partial charge is 0.0240 e. The summed E-state index contributed by atoms with van der Waals surface area (Å²) in [5, 5.41) is 0. The van der Waals surface area contributed by atoms with Gasteiger partial charge in [-0.05, 0) is 43.7 Å². The van der Waals surface area contributed by atoms with Gasteiger partial charge in [0.15, 0.2) is 0 Å². The van der Waals surface area contributed by atoms with Gasteiger partial charge in [-0.25, -0.2) is 0 Å². The van der Waals surface area contributed by atoms with Crippen LogP contribution in [0.25, 0.3) is 0 Å². The molecule has 0 bridgehead atoms. The van der Waals surface area contributed by atoms with Crippen LogP contribution >= 0.6 is 11.8 Å². The van der Waals surface area contributed by atoms with Gasteiger partial charge in [-0.15, -0.1) is 11.8 Å². The van der Waals surface area contributed by atoms with Crippen LogP contribution in [-0.2, 0) is 6.54 Å². The Morgan fingerprint density at radius 3 is 2.61 bits per heavy atom. The first-order chi connectivity index (χ1) is 8.74. The zero-order valence-corrected chi connectivity index (χ0v) is 12.2. The lowest BCUT2D eigenvalue weighted by Gasteiger charge is -2.40. The second-order valence-electron chi connectivity index (χ2n) is 5.19. The fourth-order valence-corrected chi connectivity index (χ4v) is 3.23. The monoisotopic (exact) mass is 264 g/mol. The fraction of sp³-hybridized carbons (Fsp3) is 0.600. The van der Waals surface area contributed by atoms with Crippen molar-refractivity contribution in [2.75, 3.05) is 12.8 Å². The molecule has 2 rings (SSSR count). The molecule has 0 aromatic heterocycles. The minimum atomic E-state index is 0.564. The molecule has 1 aromatic carbocycles. The van der Waals surface area contributed by atoms with Crippen LogP contribution < -0.4 is 5.73 Å². The number of piperidine rings is 1. The summed E-state index contributed by atoms with van der Waals surface area (Å²) in [6, 6.07) is 10.2. The number of hydrogen-bond donors (Lipinski definition) is 1. The van der Waals surface area contributed by atoms with E-state index in [4.69, 9.17) is 5.73 Å². The van der Waals surface area contributed by atoms with Gasteiger partial charge in [0.1, 0.15) is 0 Å². The molecule has 0 spiro atoms. The predicted molar refractivity (Wildman–Crippen MR) is 79.9 cm³/mol. The van der Waals surface area contributed by atoms with Crippen molar-refractivity contribution in [1.29, 1.82) is 0 Å². The van der Waals surface area contributed by atoms with Gasteiger partial charge in [-0.3, -0.25) is 4.90 Å².